The molecule has 3 aromatic rings. The van der Waals surface area contributed by atoms with Crippen LogP contribution in [0.5, 0.6) is 17.2 Å². The molecule has 0 fully saturated rings. The van der Waals surface area contributed by atoms with Crippen molar-refractivity contribution in [2.45, 2.75) is 13.5 Å². The van der Waals surface area contributed by atoms with Crippen molar-refractivity contribution in [3.05, 3.63) is 66.0 Å². The smallest absolute Gasteiger partial charge is 0.132 e. The number of anilines is 2. The van der Waals surface area contributed by atoms with E-state index in [1.54, 1.807) is 14.2 Å². The van der Waals surface area contributed by atoms with E-state index in [1.165, 1.54) is 0 Å². The van der Waals surface area contributed by atoms with Gasteiger partial charge in [-0.2, -0.15) is 0 Å². The van der Waals surface area contributed by atoms with Crippen molar-refractivity contribution in [1.82, 2.24) is 9.97 Å². The third-order valence-electron chi connectivity index (χ3n) is 4.21. The lowest BCUT2D eigenvalue weighted by Crippen LogP contribution is -2.13. The van der Waals surface area contributed by atoms with E-state index in [0.29, 0.717) is 25.5 Å². The molecule has 0 aliphatic rings. The van der Waals surface area contributed by atoms with Crippen molar-refractivity contribution in [3.63, 3.8) is 0 Å². The molecule has 2 aromatic carbocycles. The Kier molecular flexibility index (Phi) is 7.10. The molecule has 29 heavy (non-hydrogen) atoms. The lowest BCUT2D eigenvalue weighted by molar-refractivity contribution is 0.331. The number of aryl methyl sites for hydroxylation is 1. The van der Waals surface area contributed by atoms with Crippen molar-refractivity contribution in [2.24, 2.45) is 0 Å². The summed E-state index contributed by atoms with van der Waals surface area (Å²) in [6, 6.07) is 17.3. The molecule has 0 aliphatic heterocycles. The van der Waals surface area contributed by atoms with Crippen LogP contribution < -0.4 is 24.8 Å². The quantitative estimate of drug-likeness (QED) is 0.505. The average molecular weight is 394 g/mol. The van der Waals surface area contributed by atoms with Gasteiger partial charge in [0.15, 0.2) is 0 Å². The van der Waals surface area contributed by atoms with E-state index in [-0.39, 0.29) is 0 Å². The maximum atomic E-state index is 5.72. The minimum absolute atomic E-state index is 0.518. The van der Waals surface area contributed by atoms with Gasteiger partial charge in [-0.15, -0.1) is 0 Å². The second kappa shape index (κ2) is 10.2. The molecule has 0 atom stereocenters. The van der Waals surface area contributed by atoms with Crippen LogP contribution in [0.25, 0.3) is 0 Å². The maximum Gasteiger partial charge on any atom is 0.132 e. The molecule has 7 nitrogen and oxygen atoms in total. The van der Waals surface area contributed by atoms with E-state index in [4.69, 9.17) is 14.2 Å². The highest BCUT2D eigenvalue weighted by Gasteiger charge is 2.03. The average Bonchev–Trinajstić information content (AvgIpc) is 2.76. The molecule has 1 heterocycles. The topological polar surface area (TPSA) is 77.5 Å². The van der Waals surface area contributed by atoms with E-state index in [2.05, 4.69) is 20.6 Å². The summed E-state index contributed by atoms with van der Waals surface area (Å²) in [5.41, 5.74) is 1.14. The van der Waals surface area contributed by atoms with Crippen LogP contribution in [0.3, 0.4) is 0 Å². The summed E-state index contributed by atoms with van der Waals surface area (Å²) in [6.45, 7) is 3.68. The molecule has 0 unspecified atom stereocenters. The number of nitrogens with one attached hydrogen (secondary N) is 2. The van der Waals surface area contributed by atoms with Crippen LogP contribution in [0.15, 0.2) is 54.6 Å². The molecule has 2 N–H and O–H groups in total. The van der Waals surface area contributed by atoms with Crippen LogP contribution in [-0.4, -0.2) is 37.3 Å². The molecule has 3 rings (SSSR count). The van der Waals surface area contributed by atoms with Crippen molar-refractivity contribution in [2.75, 3.05) is 38.0 Å². The normalized spacial score (nSPS) is 10.3. The monoisotopic (exact) mass is 394 g/mol. The van der Waals surface area contributed by atoms with Gasteiger partial charge < -0.3 is 24.8 Å². The van der Waals surface area contributed by atoms with Gasteiger partial charge in [0.25, 0.3) is 0 Å². The number of aromatic nitrogens is 2. The van der Waals surface area contributed by atoms with Gasteiger partial charge in [-0.3, -0.25) is 0 Å². The number of ether oxygens (including phenoxy) is 3. The van der Waals surface area contributed by atoms with Gasteiger partial charge in [-0.05, 0) is 48.9 Å². The first-order valence-electron chi connectivity index (χ1n) is 9.39. The zero-order chi connectivity index (χ0) is 20.5. The van der Waals surface area contributed by atoms with Gasteiger partial charge >= 0.3 is 0 Å². The predicted octanol–water partition coefficient (Wildman–Crippen LogP) is 3.91. The Hall–Kier alpha value is -3.48. The van der Waals surface area contributed by atoms with Crippen LogP contribution in [0.2, 0.25) is 0 Å². The number of rotatable bonds is 10. The first-order chi connectivity index (χ1) is 14.2. The summed E-state index contributed by atoms with van der Waals surface area (Å²) < 4.78 is 16.0. The van der Waals surface area contributed by atoms with Crippen molar-refractivity contribution in [3.8, 4) is 17.2 Å². The molecule has 0 radical (unpaired) electrons. The first-order valence-corrected chi connectivity index (χ1v) is 9.39. The fourth-order valence-electron chi connectivity index (χ4n) is 2.70. The molecule has 0 spiro atoms. The number of hydrogen-bond donors (Lipinski definition) is 2. The zero-order valence-corrected chi connectivity index (χ0v) is 16.9. The van der Waals surface area contributed by atoms with Crippen LogP contribution in [0.4, 0.5) is 11.6 Å². The van der Waals surface area contributed by atoms with Crippen LogP contribution in [0.1, 0.15) is 11.4 Å². The number of methoxy groups -OCH3 is 2. The van der Waals surface area contributed by atoms with Gasteiger partial charge in [-0.25, -0.2) is 9.97 Å². The minimum Gasteiger partial charge on any atom is -0.497 e. The molecule has 0 amide bonds. The largest absolute Gasteiger partial charge is 0.497 e. The molecule has 152 valence electrons. The van der Waals surface area contributed by atoms with E-state index < -0.39 is 0 Å². The Morgan fingerprint density at radius 2 is 1.31 bits per heavy atom. The van der Waals surface area contributed by atoms with Gasteiger partial charge in [0.1, 0.15) is 41.3 Å². The molecule has 0 aliphatic carbocycles. The van der Waals surface area contributed by atoms with Crippen LogP contribution in [-0.2, 0) is 6.54 Å². The Balaban J connectivity index is 1.48. The summed E-state index contributed by atoms with van der Waals surface area (Å²) in [5, 5.41) is 6.61. The highest BCUT2D eigenvalue weighted by Crippen LogP contribution is 2.17. The third-order valence-corrected chi connectivity index (χ3v) is 4.21. The minimum atomic E-state index is 0.518. The van der Waals surface area contributed by atoms with E-state index in [9.17, 15) is 0 Å². The fraction of sp³-hybridized carbons (Fsp3) is 0.273. The second-order valence-electron chi connectivity index (χ2n) is 6.34. The van der Waals surface area contributed by atoms with E-state index in [0.717, 1.165) is 34.4 Å². The van der Waals surface area contributed by atoms with Crippen molar-refractivity contribution in [1.29, 1.82) is 0 Å². The van der Waals surface area contributed by atoms with Gasteiger partial charge in [0.2, 0.25) is 0 Å². The van der Waals surface area contributed by atoms with E-state index >= 15 is 0 Å². The summed E-state index contributed by atoms with van der Waals surface area (Å²) in [6.07, 6.45) is 0. The first kappa shape index (κ1) is 20.3. The standard InChI is InChI=1S/C22H26N4O3/c1-16-25-21(23-12-13-29-20-10-8-19(28-3)9-11-20)14-22(26-16)24-15-17-4-6-18(27-2)7-5-17/h4-11,14H,12-13,15H2,1-3H3,(H2,23,24,25,26). The summed E-state index contributed by atoms with van der Waals surface area (Å²) in [4.78, 5) is 8.87. The van der Waals surface area contributed by atoms with Gasteiger partial charge in [-0.1, -0.05) is 12.1 Å². The molecule has 0 bridgehead atoms. The van der Waals surface area contributed by atoms with Crippen LogP contribution in [0, 0.1) is 6.92 Å². The SMILES string of the molecule is COc1ccc(CNc2cc(NCCOc3ccc(OC)cc3)nc(C)n2)cc1. The number of benzene rings is 2. The molecular formula is C22H26N4O3. The lowest BCUT2D eigenvalue weighted by atomic mass is 10.2. The van der Waals surface area contributed by atoms with Crippen molar-refractivity contribution >= 4 is 11.6 Å². The van der Waals surface area contributed by atoms with Crippen LogP contribution >= 0.6 is 0 Å². The highest BCUT2D eigenvalue weighted by molar-refractivity contribution is 5.48. The Morgan fingerprint density at radius 3 is 1.93 bits per heavy atom. The van der Waals surface area contributed by atoms with E-state index in [1.807, 2.05) is 61.5 Å². The Labute approximate surface area is 171 Å². The van der Waals surface area contributed by atoms with Crippen molar-refractivity contribution < 1.29 is 14.2 Å². The molecule has 0 saturated heterocycles. The third kappa shape index (κ3) is 6.27. The summed E-state index contributed by atoms with van der Waals surface area (Å²) in [5.74, 6) is 4.67. The maximum absolute atomic E-state index is 5.72. The summed E-state index contributed by atoms with van der Waals surface area (Å²) in [7, 11) is 3.30. The fourth-order valence-corrected chi connectivity index (χ4v) is 2.70. The predicted molar refractivity (Wildman–Crippen MR) is 114 cm³/mol. The Morgan fingerprint density at radius 1 is 0.759 bits per heavy atom. The second-order valence-corrected chi connectivity index (χ2v) is 6.34. The number of hydrogen-bond acceptors (Lipinski definition) is 7. The zero-order valence-electron chi connectivity index (χ0n) is 16.9. The Bertz CT molecular complexity index is 899. The number of nitrogens with zero attached hydrogens (tertiary/aromatic N) is 2. The van der Waals surface area contributed by atoms with Gasteiger partial charge in [0, 0.05) is 12.6 Å². The molecule has 1 aromatic heterocycles. The lowest BCUT2D eigenvalue weighted by Gasteiger charge is -2.11. The molecule has 7 heteroatoms. The van der Waals surface area contributed by atoms with Gasteiger partial charge in [0.05, 0.1) is 20.8 Å². The molecule has 0 saturated carbocycles. The summed E-state index contributed by atoms with van der Waals surface area (Å²) >= 11 is 0. The molecular weight excluding hydrogens is 368 g/mol. The highest BCUT2D eigenvalue weighted by atomic mass is 16.5.